The molecule has 29 heavy (non-hydrogen) atoms. The van der Waals surface area contributed by atoms with Crippen LogP contribution in [0.4, 0.5) is 5.69 Å². The molecule has 1 aliphatic carbocycles. The molecular formula is C21H13N3O4S. The average molecular weight is 403 g/mol. The summed E-state index contributed by atoms with van der Waals surface area (Å²) in [4.78, 5) is 24.7. The molecule has 0 amide bonds. The number of nitriles is 1. The lowest BCUT2D eigenvalue weighted by molar-refractivity contribution is -0.110. The van der Waals surface area contributed by atoms with Gasteiger partial charge in [0.2, 0.25) is 11.6 Å². The van der Waals surface area contributed by atoms with Gasteiger partial charge in [-0.1, -0.05) is 30.3 Å². The van der Waals surface area contributed by atoms with E-state index in [1.807, 2.05) is 6.07 Å². The van der Waals surface area contributed by atoms with Crippen molar-refractivity contribution >= 4 is 32.9 Å². The summed E-state index contributed by atoms with van der Waals surface area (Å²) in [6, 6.07) is 16.0. The number of benzene rings is 2. The first-order valence-electron chi connectivity index (χ1n) is 8.47. The van der Waals surface area contributed by atoms with Gasteiger partial charge in [-0.3, -0.25) is 9.59 Å². The fourth-order valence-electron chi connectivity index (χ4n) is 3.22. The fourth-order valence-corrected chi connectivity index (χ4v) is 4.60. The minimum atomic E-state index is -4.16. The number of nitrogens with zero attached hydrogens (tertiary/aromatic N) is 2. The lowest BCUT2D eigenvalue weighted by atomic mass is 9.91. The number of allylic oxidation sites excluding steroid dienone is 2. The summed E-state index contributed by atoms with van der Waals surface area (Å²) < 4.78 is 27.5. The summed E-state index contributed by atoms with van der Waals surface area (Å²) in [5.74, 6) is -1.72. The van der Waals surface area contributed by atoms with E-state index in [4.69, 9.17) is 5.73 Å². The van der Waals surface area contributed by atoms with Crippen molar-refractivity contribution in [1.82, 2.24) is 3.97 Å². The van der Waals surface area contributed by atoms with Gasteiger partial charge in [-0.05, 0) is 29.8 Å². The van der Waals surface area contributed by atoms with Gasteiger partial charge in [-0.15, -0.1) is 0 Å². The lowest BCUT2D eigenvalue weighted by Gasteiger charge is -2.13. The number of carbonyl (C=O) groups is 2. The van der Waals surface area contributed by atoms with E-state index >= 15 is 0 Å². The Morgan fingerprint density at radius 1 is 0.966 bits per heavy atom. The Balaban J connectivity index is 2.07. The Kier molecular flexibility index (Phi) is 4.18. The molecule has 2 N–H and O–H groups in total. The minimum absolute atomic E-state index is 0.0641. The van der Waals surface area contributed by atoms with Crippen molar-refractivity contribution in [3.05, 3.63) is 78.1 Å². The zero-order chi connectivity index (χ0) is 20.8. The number of carbonyl (C=O) groups excluding carboxylic acids is 2. The first-order chi connectivity index (χ1) is 13.8. The molecule has 1 aromatic heterocycles. The second kappa shape index (κ2) is 6.58. The highest BCUT2D eigenvalue weighted by molar-refractivity contribution is 7.90. The van der Waals surface area contributed by atoms with Crippen molar-refractivity contribution in [2.24, 2.45) is 0 Å². The van der Waals surface area contributed by atoms with Crippen molar-refractivity contribution in [3.8, 4) is 17.2 Å². The van der Waals surface area contributed by atoms with Crippen molar-refractivity contribution in [1.29, 1.82) is 5.26 Å². The molecule has 0 bridgehead atoms. The molecule has 0 aliphatic heterocycles. The molecule has 2 aromatic carbocycles. The molecule has 0 unspecified atom stereocenters. The van der Waals surface area contributed by atoms with E-state index in [0.29, 0.717) is 11.3 Å². The molecule has 7 nitrogen and oxygen atoms in total. The maximum atomic E-state index is 13.3. The molecule has 0 fully saturated rings. The number of aromatic nitrogens is 1. The Morgan fingerprint density at radius 3 is 2.24 bits per heavy atom. The van der Waals surface area contributed by atoms with Gasteiger partial charge in [0.05, 0.1) is 21.7 Å². The zero-order valence-corrected chi connectivity index (χ0v) is 15.7. The van der Waals surface area contributed by atoms with Gasteiger partial charge in [0.15, 0.2) is 0 Å². The quantitative estimate of drug-likeness (QED) is 0.530. The number of anilines is 1. The third kappa shape index (κ3) is 2.85. The molecule has 1 aliphatic rings. The third-order valence-electron chi connectivity index (χ3n) is 4.60. The van der Waals surface area contributed by atoms with Gasteiger partial charge < -0.3 is 5.73 Å². The van der Waals surface area contributed by atoms with E-state index in [2.05, 4.69) is 0 Å². The number of ketones is 2. The van der Waals surface area contributed by atoms with Gasteiger partial charge in [0.1, 0.15) is 6.07 Å². The molecule has 0 saturated heterocycles. The minimum Gasteiger partial charge on any atom is -0.399 e. The molecule has 0 spiro atoms. The van der Waals surface area contributed by atoms with Crippen LogP contribution in [0.5, 0.6) is 0 Å². The monoisotopic (exact) mass is 403 g/mol. The van der Waals surface area contributed by atoms with Gasteiger partial charge in [-0.25, -0.2) is 12.4 Å². The van der Waals surface area contributed by atoms with Crippen LogP contribution in [0.25, 0.3) is 16.7 Å². The number of nitrogens with two attached hydrogens (primary N) is 1. The molecule has 0 radical (unpaired) electrons. The number of rotatable bonds is 3. The van der Waals surface area contributed by atoms with Crippen molar-refractivity contribution in [2.45, 2.75) is 4.90 Å². The van der Waals surface area contributed by atoms with Crippen molar-refractivity contribution in [2.75, 3.05) is 5.73 Å². The number of Topliss-reactive ketones (excluding diaryl/α,β-unsaturated/α-hetero) is 1. The molecule has 1 heterocycles. The Morgan fingerprint density at radius 2 is 1.62 bits per heavy atom. The van der Waals surface area contributed by atoms with Crippen LogP contribution in [0.1, 0.15) is 16.1 Å². The Hall–Kier alpha value is -3.96. The predicted octanol–water partition coefficient (Wildman–Crippen LogP) is 2.65. The second-order valence-electron chi connectivity index (χ2n) is 6.37. The summed E-state index contributed by atoms with van der Waals surface area (Å²) in [5, 5.41) is 9.51. The van der Waals surface area contributed by atoms with E-state index in [1.54, 1.807) is 30.3 Å². The summed E-state index contributed by atoms with van der Waals surface area (Å²) >= 11 is 0. The smallest absolute Gasteiger partial charge is 0.268 e. The Bertz CT molecular complexity index is 1340. The van der Waals surface area contributed by atoms with E-state index in [9.17, 15) is 23.3 Å². The fraction of sp³-hybridized carbons (Fsp3) is 0. The van der Waals surface area contributed by atoms with Crippen LogP contribution in [0.2, 0.25) is 0 Å². The van der Waals surface area contributed by atoms with Crippen LogP contribution in [0, 0.1) is 11.3 Å². The summed E-state index contributed by atoms with van der Waals surface area (Å²) in [5.41, 5.74) is 6.44. The van der Waals surface area contributed by atoms with Crippen LogP contribution < -0.4 is 5.73 Å². The Labute approximate surface area is 166 Å². The van der Waals surface area contributed by atoms with Crippen LogP contribution in [0.15, 0.2) is 71.8 Å². The number of nitrogen functional groups attached to an aromatic ring is 1. The van der Waals surface area contributed by atoms with Gasteiger partial charge in [0.25, 0.3) is 10.0 Å². The third-order valence-corrected chi connectivity index (χ3v) is 6.27. The van der Waals surface area contributed by atoms with E-state index in [0.717, 1.165) is 10.0 Å². The maximum Gasteiger partial charge on any atom is 0.268 e. The molecule has 142 valence electrons. The number of fused-ring (bicyclic) bond motifs is 1. The predicted molar refractivity (Wildman–Crippen MR) is 106 cm³/mol. The van der Waals surface area contributed by atoms with E-state index in [1.165, 1.54) is 30.5 Å². The standard InChI is InChI=1S/C21H13N3O4S/c22-11-14-10-18(25)21(26)19-17(13-4-2-1-3-5-13)12-24(20(14)19)29(27,28)16-8-6-15(23)7-9-16/h1-10,12H,23H2. The van der Waals surface area contributed by atoms with Crippen LogP contribution in [0.3, 0.4) is 0 Å². The topological polar surface area (TPSA) is 123 Å². The summed E-state index contributed by atoms with van der Waals surface area (Å²) in [6.45, 7) is 0. The van der Waals surface area contributed by atoms with Gasteiger partial charge in [0, 0.05) is 23.5 Å². The normalized spacial score (nSPS) is 13.6. The number of hydrogen-bond donors (Lipinski definition) is 1. The largest absolute Gasteiger partial charge is 0.399 e. The average Bonchev–Trinajstić information content (AvgIpc) is 3.13. The highest BCUT2D eigenvalue weighted by Crippen LogP contribution is 2.37. The van der Waals surface area contributed by atoms with Gasteiger partial charge >= 0.3 is 0 Å². The van der Waals surface area contributed by atoms with Crippen molar-refractivity contribution < 1.29 is 18.0 Å². The highest BCUT2D eigenvalue weighted by Gasteiger charge is 2.36. The second-order valence-corrected chi connectivity index (χ2v) is 8.18. The maximum absolute atomic E-state index is 13.3. The van der Waals surface area contributed by atoms with Crippen molar-refractivity contribution in [3.63, 3.8) is 0 Å². The molecular weight excluding hydrogens is 390 g/mol. The van der Waals surface area contributed by atoms with Crippen LogP contribution in [-0.4, -0.2) is 24.0 Å². The molecule has 3 aromatic rings. The first-order valence-corrected chi connectivity index (χ1v) is 9.91. The zero-order valence-electron chi connectivity index (χ0n) is 14.9. The summed E-state index contributed by atoms with van der Waals surface area (Å²) in [7, 11) is -4.16. The highest BCUT2D eigenvalue weighted by atomic mass is 32.2. The lowest BCUT2D eigenvalue weighted by Crippen LogP contribution is -2.22. The molecule has 4 rings (SSSR count). The van der Waals surface area contributed by atoms with Crippen LogP contribution >= 0.6 is 0 Å². The molecule has 0 saturated carbocycles. The number of hydrogen-bond acceptors (Lipinski definition) is 6. The molecule has 8 heteroatoms. The SMILES string of the molecule is N#CC1=CC(=O)C(=O)c2c(-c3ccccc3)cn(S(=O)(=O)c3ccc(N)cc3)c21. The van der Waals surface area contributed by atoms with E-state index < -0.39 is 21.6 Å². The van der Waals surface area contributed by atoms with Gasteiger partial charge in [-0.2, -0.15) is 5.26 Å². The first kappa shape index (κ1) is 18.4. The summed E-state index contributed by atoms with van der Waals surface area (Å²) in [6.07, 6.45) is 2.14. The van der Waals surface area contributed by atoms with E-state index in [-0.39, 0.29) is 27.3 Å². The van der Waals surface area contributed by atoms with Crippen LogP contribution in [-0.2, 0) is 14.8 Å². The molecule has 0 atom stereocenters.